The number of esters is 1. The summed E-state index contributed by atoms with van der Waals surface area (Å²) in [6.45, 7) is -0.920. The van der Waals surface area contributed by atoms with Crippen LogP contribution in [0.15, 0.2) is 58.3 Å². The van der Waals surface area contributed by atoms with Gasteiger partial charge in [0.2, 0.25) is 11.8 Å². The fraction of sp³-hybridized carbons (Fsp3) is 0.333. The topological polar surface area (TPSA) is 84.0 Å². The van der Waals surface area contributed by atoms with Crippen LogP contribution in [0.2, 0.25) is 0 Å². The van der Waals surface area contributed by atoms with Crippen LogP contribution >= 0.6 is 11.8 Å². The Morgan fingerprint density at radius 3 is 1.97 bits per heavy atom. The van der Waals surface area contributed by atoms with Gasteiger partial charge in [0.1, 0.15) is 6.54 Å². The molecule has 2 aliphatic heterocycles. The molecule has 0 bridgehead atoms. The zero-order chi connectivity index (χ0) is 22.2. The second kappa shape index (κ2) is 8.43. The Morgan fingerprint density at radius 1 is 0.875 bits per heavy atom. The van der Waals surface area contributed by atoms with Crippen molar-refractivity contribution in [1.29, 1.82) is 0 Å². The predicted molar refractivity (Wildman–Crippen MR) is 117 cm³/mol. The summed E-state index contributed by atoms with van der Waals surface area (Å²) in [4.78, 5) is 55.1. The molecule has 1 aliphatic carbocycles. The summed E-state index contributed by atoms with van der Waals surface area (Å²) in [5.74, 6) is -2.37. The largest absolute Gasteiger partial charge is 0.454 e. The van der Waals surface area contributed by atoms with Crippen LogP contribution in [-0.4, -0.2) is 41.7 Å². The van der Waals surface area contributed by atoms with E-state index in [9.17, 15) is 19.2 Å². The molecule has 0 unspecified atom stereocenters. The third-order valence-corrected chi connectivity index (χ3v) is 7.39. The Morgan fingerprint density at radius 2 is 1.41 bits per heavy atom. The highest BCUT2D eigenvalue weighted by atomic mass is 32.2. The number of carbonyl (C=O) groups is 4. The van der Waals surface area contributed by atoms with E-state index in [0.29, 0.717) is 12.8 Å². The highest BCUT2D eigenvalue weighted by molar-refractivity contribution is 7.99. The van der Waals surface area contributed by atoms with Crippen LogP contribution in [0, 0.1) is 11.8 Å². The molecule has 3 amide bonds. The zero-order valence-electron chi connectivity index (χ0n) is 17.4. The summed E-state index contributed by atoms with van der Waals surface area (Å²) >= 11 is 1.58. The highest BCUT2D eigenvalue weighted by Gasteiger charge is 2.48. The molecule has 0 aromatic heterocycles. The van der Waals surface area contributed by atoms with Gasteiger partial charge < -0.3 is 4.74 Å². The summed E-state index contributed by atoms with van der Waals surface area (Å²) in [7, 11) is 0. The number of para-hydroxylation sites is 2. The number of benzene rings is 2. The second-order valence-electron chi connectivity index (χ2n) is 8.19. The minimum atomic E-state index is -0.758. The summed E-state index contributed by atoms with van der Waals surface area (Å²) in [6, 6.07) is 15.1. The van der Waals surface area contributed by atoms with Gasteiger partial charge in [-0.1, -0.05) is 48.9 Å². The Labute approximate surface area is 189 Å². The molecule has 2 atom stereocenters. The summed E-state index contributed by atoms with van der Waals surface area (Å²) in [5.41, 5.74) is 1.46. The molecule has 5 rings (SSSR count). The lowest BCUT2D eigenvalue weighted by Crippen LogP contribution is -2.38. The lowest BCUT2D eigenvalue weighted by Gasteiger charge is -2.30. The van der Waals surface area contributed by atoms with Gasteiger partial charge in [0.15, 0.2) is 6.61 Å². The quantitative estimate of drug-likeness (QED) is 0.523. The Kier molecular flexibility index (Phi) is 5.46. The van der Waals surface area contributed by atoms with Crippen molar-refractivity contribution < 1.29 is 23.9 Å². The summed E-state index contributed by atoms with van der Waals surface area (Å²) in [5, 5.41) is 0. The van der Waals surface area contributed by atoms with Crippen molar-refractivity contribution in [3.63, 3.8) is 0 Å². The van der Waals surface area contributed by atoms with E-state index in [1.165, 1.54) is 0 Å². The van der Waals surface area contributed by atoms with Gasteiger partial charge in [-0.2, -0.15) is 0 Å². The van der Waals surface area contributed by atoms with Gasteiger partial charge in [0, 0.05) is 9.79 Å². The fourth-order valence-electron chi connectivity index (χ4n) is 4.74. The van der Waals surface area contributed by atoms with E-state index >= 15 is 0 Å². The minimum Gasteiger partial charge on any atom is -0.454 e. The van der Waals surface area contributed by atoms with Crippen LogP contribution in [0.4, 0.5) is 11.4 Å². The maximum atomic E-state index is 13.1. The SMILES string of the molecule is O=C(CN1C(=O)[C@H]2CCCC[C@@H]2C1=O)OCC(=O)N1c2ccccc2Sc2ccccc21. The van der Waals surface area contributed by atoms with Gasteiger partial charge in [-0.15, -0.1) is 0 Å². The van der Waals surface area contributed by atoms with Crippen molar-refractivity contribution in [2.24, 2.45) is 11.8 Å². The van der Waals surface area contributed by atoms with Gasteiger partial charge in [-0.3, -0.25) is 29.0 Å². The Balaban J connectivity index is 1.27. The van der Waals surface area contributed by atoms with Crippen LogP contribution in [0.25, 0.3) is 0 Å². The number of hydrogen-bond donors (Lipinski definition) is 0. The molecule has 7 nitrogen and oxygen atoms in total. The molecule has 0 N–H and O–H groups in total. The van der Waals surface area contributed by atoms with Gasteiger partial charge in [0.25, 0.3) is 5.91 Å². The zero-order valence-corrected chi connectivity index (χ0v) is 18.2. The lowest BCUT2D eigenvalue weighted by atomic mass is 9.81. The molecular formula is C24H22N2O5S. The molecule has 1 saturated carbocycles. The van der Waals surface area contributed by atoms with E-state index in [1.54, 1.807) is 16.7 Å². The van der Waals surface area contributed by atoms with Gasteiger partial charge in [-0.05, 0) is 37.1 Å². The van der Waals surface area contributed by atoms with Gasteiger partial charge >= 0.3 is 5.97 Å². The van der Waals surface area contributed by atoms with E-state index in [0.717, 1.165) is 38.9 Å². The van der Waals surface area contributed by atoms with Crippen molar-refractivity contribution in [3.05, 3.63) is 48.5 Å². The lowest BCUT2D eigenvalue weighted by molar-refractivity contribution is -0.154. The number of fused-ring (bicyclic) bond motifs is 3. The Bertz CT molecular complexity index is 1050. The molecule has 2 fully saturated rings. The first kappa shape index (κ1) is 20.8. The van der Waals surface area contributed by atoms with Crippen molar-refractivity contribution in [1.82, 2.24) is 4.90 Å². The van der Waals surface area contributed by atoms with Gasteiger partial charge in [-0.25, -0.2) is 0 Å². The van der Waals surface area contributed by atoms with Gasteiger partial charge in [0.05, 0.1) is 23.2 Å². The van der Waals surface area contributed by atoms with E-state index in [4.69, 9.17) is 4.74 Å². The van der Waals surface area contributed by atoms with Crippen LogP contribution in [0.3, 0.4) is 0 Å². The van der Waals surface area contributed by atoms with Crippen LogP contribution in [-0.2, 0) is 23.9 Å². The van der Waals surface area contributed by atoms with Crippen LogP contribution < -0.4 is 4.90 Å². The third-order valence-electron chi connectivity index (χ3n) is 6.26. The number of amides is 3. The molecule has 0 radical (unpaired) electrons. The highest BCUT2D eigenvalue weighted by Crippen LogP contribution is 2.47. The van der Waals surface area contributed by atoms with Crippen molar-refractivity contribution in [2.75, 3.05) is 18.1 Å². The fourth-order valence-corrected chi connectivity index (χ4v) is 5.80. The summed E-state index contributed by atoms with van der Waals surface area (Å²) in [6.07, 6.45) is 3.21. The molecular weight excluding hydrogens is 428 g/mol. The first-order valence-corrected chi connectivity index (χ1v) is 11.6. The molecule has 0 spiro atoms. The predicted octanol–water partition coefficient (Wildman–Crippen LogP) is 3.53. The molecule has 8 heteroatoms. The molecule has 2 heterocycles. The average Bonchev–Trinajstić information content (AvgIpc) is 3.06. The Hall–Kier alpha value is -3.13. The van der Waals surface area contributed by atoms with E-state index < -0.39 is 25.0 Å². The monoisotopic (exact) mass is 450 g/mol. The normalized spacial score (nSPS) is 21.6. The van der Waals surface area contributed by atoms with Crippen LogP contribution in [0.5, 0.6) is 0 Å². The first-order valence-electron chi connectivity index (χ1n) is 10.7. The maximum Gasteiger partial charge on any atom is 0.326 e. The average molecular weight is 451 g/mol. The minimum absolute atomic E-state index is 0.293. The van der Waals surface area contributed by atoms with Crippen molar-refractivity contribution >= 4 is 46.8 Å². The van der Waals surface area contributed by atoms with E-state index in [-0.39, 0.29) is 23.7 Å². The number of nitrogens with zero attached hydrogens (tertiary/aromatic N) is 2. The molecule has 3 aliphatic rings. The van der Waals surface area contributed by atoms with E-state index in [1.807, 2.05) is 48.5 Å². The second-order valence-corrected chi connectivity index (χ2v) is 9.27. The van der Waals surface area contributed by atoms with Crippen molar-refractivity contribution in [2.45, 2.75) is 35.5 Å². The molecule has 32 heavy (non-hydrogen) atoms. The molecule has 2 aromatic carbocycles. The number of imide groups is 1. The maximum absolute atomic E-state index is 13.1. The standard InChI is InChI=1S/C24H22N2O5S/c27-21(26-17-9-3-5-11-19(17)32-20-12-6-4-10-18(20)26)14-31-22(28)13-25-23(29)15-7-1-2-8-16(15)24(25)30/h3-6,9-12,15-16H,1-2,7-8,13-14H2/t15-,16-/m0/s1. The number of hydrogen-bond acceptors (Lipinski definition) is 6. The smallest absolute Gasteiger partial charge is 0.326 e. The molecule has 1 saturated heterocycles. The van der Waals surface area contributed by atoms with Crippen molar-refractivity contribution in [3.8, 4) is 0 Å². The molecule has 164 valence electrons. The summed E-state index contributed by atoms with van der Waals surface area (Å²) < 4.78 is 5.22. The van der Waals surface area contributed by atoms with E-state index in [2.05, 4.69) is 0 Å². The van der Waals surface area contributed by atoms with Crippen LogP contribution in [0.1, 0.15) is 25.7 Å². The number of rotatable bonds is 4. The number of likely N-dealkylation sites (tertiary alicyclic amines) is 1. The molecule has 2 aromatic rings. The third kappa shape index (κ3) is 3.58. The number of carbonyl (C=O) groups excluding carboxylic acids is 4. The number of ether oxygens (including phenoxy) is 1. The number of anilines is 2. The first-order chi connectivity index (χ1) is 15.5.